The molecule has 1 saturated carbocycles. The van der Waals surface area contributed by atoms with Gasteiger partial charge in [0.2, 0.25) is 5.91 Å². The molecule has 0 radical (unpaired) electrons. The third-order valence-corrected chi connectivity index (χ3v) is 4.91. The molecule has 2 aromatic rings. The maximum absolute atomic E-state index is 13.0. The van der Waals surface area contributed by atoms with Crippen LogP contribution in [-0.2, 0) is 16.1 Å². The standard InChI is InChI=1S/C21H21FN2O4/c22-17-8-6-14(7-9-17)20(26)24-18-3-1-2-13(10-18)12-23-19(25)15-4-5-16(11-15)21(27)28/h1-3,6-10,15-16H,4-5,11-12H2,(H,23,25)(H,24,26)(H,27,28)/t15-,16+/m0/s1. The number of aliphatic carboxylic acids is 1. The lowest BCUT2D eigenvalue weighted by atomic mass is 10.0. The number of benzene rings is 2. The van der Waals surface area contributed by atoms with Crippen molar-refractivity contribution in [1.29, 1.82) is 0 Å². The molecule has 0 aromatic heterocycles. The summed E-state index contributed by atoms with van der Waals surface area (Å²) in [7, 11) is 0. The predicted molar refractivity (Wildman–Crippen MR) is 101 cm³/mol. The zero-order valence-electron chi connectivity index (χ0n) is 15.2. The largest absolute Gasteiger partial charge is 0.481 e. The summed E-state index contributed by atoms with van der Waals surface area (Å²) in [6, 6.07) is 12.3. The summed E-state index contributed by atoms with van der Waals surface area (Å²) in [5, 5.41) is 14.6. The van der Waals surface area contributed by atoms with E-state index >= 15 is 0 Å². The Morgan fingerprint density at radius 3 is 2.43 bits per heavy atom. The first-order valence-corrected chi connectivity index (χ1v) is 9.09. The number of nitrogens with one attached hydrogen (secondary N) is 2. The Balaban J connectivity index is 1.55. The summed E-state index contributed by atoms with van der Waals surface area (Å²) in [6.45, 7) is 0.285. The molecule has 0 saturated heterocycles. The molecule has 2 aromatic carbocycles. The van der Waals surface area contributed by atoms with Crippen LogP contribution in [0.4, 0.5) is 10.1 Å². The van der Waals surface area contributed by atoms with Gasteiger partial charge in [-0.05, 0) is 61.2 Å². The van der Waals surface area contributed by atoms with Crippen molar-refractivity contribution in [2.24, 2.45) is 11.8 Å². The predicted octanol–water partition coefficient (Wildman–Crippen LogP) is 3.20. The Hall–Kier alpha value is -3.22. The normalized spacial score (nSPS) is 18.5. The highest BCUT2D eigenvalue weighted by Crippen LogP contribution is 2.31. The van der Waals surface area contributed by atoms with E-state index in [2.05, 4.69) is 10.6 Å². The Labute approximate surface area is 161 Å². The first kappa shape index (κ1) is 19.5. The van der Waals surface area contributed by atoms with Crippen molar-refractivity contribution in [1.82, 2.24) is 5.32 Å². The van der Waals surface area contributed by atoms with E-state index in [-0.39, 0.29) is 24.3 Å². The SMILES string of the molecule is O=C(Nc1cccc(CNC(=O)[C@H]2CC[C@@H](C(=O)O)C2)c1)c1ccc(F)cc1. The van der Waals surface area contributed by atoms with Gasteiger partial charge in [0.05, 0.1) is 5.92 Å². The van der Waals surface area contributed by atoms with Crippen molar-refractivity contribution in [2.75, 3.05) is 5.32 Å². The first-order chi connectivity index (χ1) is 13.4. The van der Waals surface area contributed by atoms with Gasteiger partial charge in [0.1, 0.15) is 5.82 Å². The lowest BCUT2D eigenvalue weighted by Crippen LogP contribution is -2.29. The van der Waals surface area contributed by atoms with Gasteiger partial charge in [0.15, 0.2) is 0 Å². The molecule has 7 heteroatoms. The van der Waals surface area contributed by atoms with E-state index in [1.165, 1.54) is 24.3 Å². The molecule has 0 bridgehead atoms. The third-order valence-electron chi connectivity index (χ3n) is 4.91. The van der Waals surface area contributed by atoms with Gasteiger partial charge in [-0.25, -0.2) is 4.39 Å². The molecule has 0 spiro atoms. The molecular formula is C21H21FN2O4. The summed E-state index contributed by atoms with van der Waals surface area (Å²) in [5.41, 5.74) is 1.71. The van der Waals surface area contributed by atoms with Crippen LogP contribution < -0.4 is 10.6 Å². The number of hydrogen-bond acceptors (Lipinski definition) is 3. The summed E-state index contributed by atoms with van der Waals surface area (Å²) >= 11 is 0. The minimum absolute atomic E-state index is 0.149. The van der Waals surface area contributed by atoms with Crippen molar-refractivity contribution in [3.63, 3.8) is 0 Å². The maximum Gasteiger partial charge on any atom is 0.306 e. The Kier molecular flexibility index (Phi) is 6.03. The van der Waals surface area contributed by atoms with Crippen molar-refractivity contribution < 1.29 is 23.9 Å². The fourth-order valence-electron chi connectivity index (χ4n) is 3.34. The van der Waals surface area contributed by atoms with E-state index in [1.54, 1.807) is 18.2 Å². The fraction of sp³-hybridized carbons (Fsp3) is 0.286. The van der Waals surface area contributed by atoms with E-state index in [9.17, 15) is 18.8 Å². The quantitative estimate of drug-likeness (QED) is 0.713. The van der Waals surface area contributed by atoms with E-state index < -0.39 is 17.7 Å². The Bertz CT molecular complexity index is 882. The van der Waals surface area contributed by atoms with Gasteiger partial charge in [-0.3, -0.25) is 14.4 Å². The van der Waals surface area contributed by atoms with Crippen molar-refractivity contribution >= 4 is 23.5 Å². The van der Waals surface area contributed by atoms with Gasteiger partial charge in [0, 0.05) is 23.7 Å². The van der Waals surface area contributed by atoms with Crippen molar-refractivity contribution in [2.45, 2.75) is 25.8 Å². The summed E-state index contributed by atoms with van der Waals surface area (Å²) < 4.78 is 13.0. The van der Waals surface area contributed by atoms with E-state index in [0.29, 0.717) is 30.5 Å². The lowest BCUT2D eigenvalue weighted by Gasteiger charge is -2.12. The Morgan fingerprint density at radius 2 is 1.75 bits per heavy atom. The molecule has 28 heavy (non-hydrogen) atoms. The van der Waals surface area contributed by atoms with Gasteiger partial charge >= 0.3 is 5.97 Å². The van der Waals surface area contributed by atoms with Gasteiger partial charge in [-0.15, -0.1) is 0 Å². The topological polar surface area (TPSA) is 95.5 Å². The smallest absolute Gasteiger partial charge is 0.306 e. The number of rotatable bonds is 6. The molecule has 0 aliphatic heterocycles. The van der Waals surface area contributed by atoms with Gasteiger partial charge in [0.25, 0.3) is 5.91 Å². The van der Waals surface area contributed by atoms with Crippen LogP contribution in [0.25, 0.3) is 0 Å². The molecule has 6 nitrogen and oxygen atoms in total. The first-order valence-electron chi connectivity index (χ1n) is 9.09. The highest BCUT2D eigenvalue weighted by molar-refractivity contribution is 6.04. The van der Waals surface area contributed by atoms with Crippen LogP contribution in [0.3, 0.4) is 0 Å². The second kappa shape index (κ2) is 8.65. The molecule has 146 valence electrons. The van der Waals surface area contributed by atoms with Gasteiger partial charge < -0.3 is 15.7 Å². The summed E-state index contributed by atoms with van der Waals surface area (Å²) in [4.78, 5) is 35.5. The van der Waals surface area contributed by atoms with Crippen LogP contribution in [0.2, 0.25) is 0 Å². The monoisotopic (exact) mass is 384 g/mol. The zero-order chi connectivity index (χ0) is 20.1. The van der Waals surface area contributed by atoms with E-state index in [4.69, 9.17) is 5.11 Å². The van der Waals surface area contributed by atoms with Crippen LogP contribution in [0, 0.1) is 17.7 Å². The van der Waals surface area contributed by atoms with Crippen LogP contribution in [0.1, 0.15) is 35.2 Å². The zero-order valence-corrected chi connectivity index (χ0v) is 15.2. The molecule has 1 fully saturated rings. The second-order valence-electron chi connectivity index (χ2n) is 6.92. The molecule has 0 unspecified atom stereocenters. The minimum atomic E-state index is -0.847. The van der Waals surface area contributed by atoms with Crippen molar-refractivity contribution in [3.05, 3.63) is 65.5 Å². The summed E-state index contributed by atoms with van der Waals surface area (Å²) in [6.07, 6.45) is 1.48. The number of anilines is 1. The van der Waals surface area contributed by atoms with E-state index in [0.717, 1.165) is 5.56 Å². The van der Waals surface area contributed by atoms with Crippen molar-refractivity contribution in [3.8, 4) is 0 Å². The highest BCUT2D eigenvalue weighted by Gasteiger charge is 2.33. The lowest BCUT2D eigenvalue weighted by molar-refractivity contribution is -0.141. The van der Waals surface area contributed by atoms with Crippen LogP contribution in [0.5, 0.6) is 0 Å². The van der Waals surface area contributed by atoms with Crippen LogP contribution >= 0.6 is 0 Å². The Morgan fingerprint density at radius 1 is 1.04 bits per heavy atom. The van der Waals surface area contributed by atoms with Crippen LogP contribution in [-0.4, -0.2) is 22.9 Å². The average Bonchev–Trinajstić information content (AvgIpc) is 3.17. The number of carbonyl (C=O) groups excluding carboxylic acids is 2. The minimum Gasteiger partial charge on any atom is -0.481 e. The number of carboxylic acid groups (broad SMARTS) is 1. The molecule has 3 N–H and O–H groups in total. The van der Waals surface area contributed by atoms with Crippen LogP contribution in [0.15, 0.2) is 48.5 Å². The number of amides is 2. The average molecular weight is 384 g/mol. The van der Waals surface area contributed by atoms with Gasteiger partial charge in [-0.2, -0.15) is 0 Å². The molecule has 1 aliphatic carbocycles. The molecule has 2 amide bonds. The maximum atomic E-state index is 13.0. The molecule has 1 aliphatic rings. The molecule has 0 heterocycles. The molecule has 3 rings (SSSR count). The fourth-order valence-corrected chi connectivity index (χ4v) is 3.34. The van der Waals surface area contributed by atoms with Gasteiger partial charge in [-0.1, -0.05) is 12.1 Å². The molecule has 2 atom stereocenters. The highest BCUT2D eigenvalue weighted by atomic mass is 19.1. The number of carbonyl (C=O) groups is 3. The number of halogens is 1. The summed E-state index contributed by atoms with van der Waals surface area (Å²) in [5.74, 6) is -2.48. The second-order valence-corrected chi connectivity index (χ2v) is 6.92. The number of carboxylic acids is 1. The molecular weight excluding hydrogens is 363 g/mol. The van der Waals surface area contributed by atoms with E-state index in [1.807, 2.05) is 6.07 Å². The third kappa shape index (κ3) is 4.94. The number of hydrogen-bond donors (Lipinski definition) is 3.